The number of aromatic nitrogens is 1. The van der Waals surface area contributed by atoms with Crippen molar-refractivity contribution >= 4 is 21.4 Å². The quantitative estimate of drug-likeness (QED) is 0.268. The number of nitrogens with zero attached hydrogens (tertiary/aromatic N) is 3. The molecule has 0 aliphatic carbocycles. The second kappa shape index (κ2) is 11.3. The zero-order valence-corrected chi connectivity index (χ0v) is 21.5. The Balaban J connectivity index is 1.62. The Labute approximate surface area is 220 Å². The van der Waals surface area contributed by atoms with Crippen LogP contribution in [0.25, 0.3) is 0 Å². The summed E-state index contributed by atoms with van der Waals surface area (Å²) in [5.74, 6) is -1.56. The van der Waals surface area contributed by atoms with E-state index in [1.807, 2.05) is 37.3 Å². The number of anilines is 2. The first-order valence-corrected chi connectivity index (χ1v) is 13.4. The second-order valence-electron chi connectivity index (χ2n) is 8.68. The van der Waals surface area contributed by atoms with Crippen LogP contribution in [0.5, 0.6) is 11.5 Å². The maximum atomic E-state index is 13.4. The van der Waals surface area contributed by atoms with E-state index in [9.17, 15) is 17.2 Å². The molecule has 0 saturated heterocycles. The average molecular weight is 535 g/mol. The van der Waals surface area contributed by atoms with E-state index in [4.69, 9.17) is 10.00 Å². The predicted molar refractivity (Wildman–Crippen MR) is 141 cm³/mol. The van der Waals surface area contributed by atoms with Gasteiger partial charge in [0.2, 0.25) is 21.9 Å². The van der Waals surface area contributed by atoms with Gasteiger partial charge in [0.15, 0.2) is 0 Å². The van der Waals surface area contributed by atoms with Crippen LogP contribution in [-0.4, -0.2) is 19.7 Å². The lowest BCUT2D eigenvalue weighted by atomic mass is 10.1. The molecule has 0 saturated carbocycles. The second-order valence-corrected chi connectivity index (χ2v) is 10.4. The molecule has 38 heavy (non-hydrogen) atoms. The zero-order valence-electron chi connectivity index (χ0n) is 20.7. The van der Waals surface area contributed by atoms with Gasteiger partial charge in [-0.2, -0.15) is 19.0 Å². The number of hydrogen-bond acceptors (Lipinski definition) is 6. The van der Waals surface area contributed by atoms with E-state index in [1.54, 1.807) is 36.4 Å². The third kappa shape index (κ3) is 7.05. The van der Waals surface area contributed by atoms with Gasteiger partial charge in [-0.1, -0.05) is 30.3 Å². The van der Waals surface area contributed by atoms with Crippen molar-refractivity contribution in [3.05, 3.63) is 113 Å². The molecule has 0 radical (unpaired) electrons. The first kappa shape index (κ1) is 26.6. The number of halogens is 2. The van der Waals surface area contributed by atoms with Gasteiger partial charge in [0.25, 0.3) is 0 Å². The summed E-state index contributed by atoms with van der Waals surface area (Å²) in [7, 11) is -3.47. The highest BCUT2D eigenvalue weighted by molar-refractivity contribution is 7.92. The molecular formula is C28H24F2N4O3S. The lowest BCUT2D eigenvalue weighted by molar-refractivity contribution is 0.451. The standard InChI is InChI=1S/C28H24F2N4O3S/c1-19-25(33-38(2,35)36)4-3-5-26(19)34(17-21-8-6-20(16-31)7-9-21)18-22-10-12-23(13-11-22)37-24-14-27(29)32-28(30)15-24/h3-15,33H,17-18H2,1-2H3. The Bertz CT molecular complexity index is 1570. The summed E-state index contributed by atoms with van der Waals surface area (Å²) < 4.78 is 58.6. The van der Waals surface area contributed by atoms with Crippen molar-refractivity contribution < 1.29 is 21.9 Å². The lowest BCUT2D eigenvalue weighted by Gasteiger charge is -2.28. The SMILES string of the molecule is Cc1c(NS(C)(=O)=O)cccc1N(Cc1ccc(C#N)cc1)Cc1ccc(Oc2cc(F)nc(F)c2)cc1. The highest BCUT2D eigenvalue weighted by atomic mass is 32.2. The molecule has 0 fully saturated rings. The van der Waals surface area contributed by atoms with Gasteiger partial charge in [0.1, 0.15) is 11.5 Å². The van der Waals surface area contributed by atoms with Crippen molar-refractivity contribution in [2.45, 2.75) is 20.0 Å². The first-order chi connectivity index (χ1) is 18.1. The highest BCUT2D eigenvalue weighted by Crippen LogP contribution is 2.31. The van der Waals surface area contributed by atoms with Crippen LogP contribution in [-0.2, 0) is 23.1 Å². The number of nitrogens with one attached hydrogen (secondary N) is 1. The van der Waals surface area contributed by atoms with Crippen molar-refractivity contribution in [1.82, 2.24) is 4.98 Å². The van der Waals surface area contributed by atoms with Crippen molar-refractivity contribution in [2.24, 2.45) is 0 Å². The molecule has 0 aliphatic heterocycles. The van der Waals surface area contributed by atoms with Crippen LogP contribution in [0, 0.1) is 30.2 Å². The Hall–Kier alpha value is -4.49. The fourth-order valence-corrected chi connectivity index (χ4v) is 4.55. The third-order valence-corrected chi connectivity index (χ3v) is 6.26. The summed E-state index contributed by atoms with van der Waals surface area (Å²) >= 11 is 0. The average Bonchev–Trinajstić information content (AvgIpc) is 2.85. The predicted octanol–water partition coefficient (Wildman–Crippen LogP) is 5.91. The van der Waals surface area contributed by atoms with Crippen LogP contribution in [0.1, 0.15) is 22.3 Å². The molecular weight excluding hydrogens is 510 g/mol. The monoisotopic (exact) mass is 534 g/mol. The van der Waals surface area contributed by atoms with Crippen LogP contribution < -0.4 is 14.4 Å². The molecule has 194 valence electrons. The lowest BCUT2D eigenvalue weighted by Crippen LogP contribution is -2.23. The Kier molecular flexibility index (Phi) is 7.88. The van der Waals surface area contributed by atoms with Crippen molar-refractivity contribution in [2.75, 3.05) is 15.9 Å². The van der Waals surface area contributed by atoms with E-state index < -0.39 is 21.9 Å². The smallest absolute Gasteiger partial charge is 0.229 e. The Morgan fingerprint density at radius 1 is 0.921 bits per heavy atom. The van der Waals surface area contributed by atoms with Gasteiger partial charge in [0.05, 0.1) is 23.6 Å². The summed E-state index contributed by atoms with van der Waals surface area (Å²) in [4.78, 5) is 5.15. The van der Waals surface area contributed by atoms with E-state index in [0.717, 1.165) is 40.8 Å². The molecule has 0 amide bonds. The Morgan fingerprint density at radius 2 is 1.50 bits per heavy atom. The van der Waals surface area contributed by atoms with E-state index in [1.165, 1.54) is 0 Å². The molecule has 4 aromatic rings. The summed E-state index contributed by atoms with van der Waals surface area (Å²) in [5.41, 5.74) is 4.50. The zero-order chi connectivity index (χ0) is 27.3. The van der Waals surface area contributed by atoms with Crippen LogP contribution in [0.3, 0.4) is 0 Å². The molecule has 7 nitrogen and oxygen atoms in total. The number of pyridine rings is 1. The van der Waals surface area contributed by atoms with E-state index >= 15 is 0 Å². The number of rotatable bonds is 9. The molecule has 0 spiro atoms. The normalized spacial score (nSPS) is 11.0. The van der Waals surface area contributed by atoms with Gasteiger partial charge in [-0.25, -0.2) is 8.42 Å². The molecule has 4 rings (SSSR count). The maximum Gasteiger partial charge on any atom is 0.229 e. The van der Waals surface area contributed by atoms with Crippen LogP contribution >= 0.6 is 0 Å². The highest BCUT2D eigenvalue weighted by Gasteiger charge is 2.15. The van der Waals surface area contributed by atoms with Crippen molar-refractivity contribution in [1.29, 1.82) is 5.26 Å². The summed E-state index contributed by atoms with van der Waals surface area (Å²) in [6.07, 6.45) is 1.10. The third-order valence-electron chi connectivity index (χ3n) is 5.67. The van der Waals surface area contributed by atoms with Gasteiger partial charge in [0, 0.05) is 30.9 Å². The molecule has 1 heterocycles. The minimum atomic E-state index is -3.47. The fourth-order valence-electron chi connectivity index (χ4n) is 3.93. The van der Waals surface area contributed by atoms with Crippen LogP contribution in [0.2, 0.25) is 0 Å². The molecule has 1 N–H and O–H groups in total. The van der Waals surface area contributed by atoms with Gasteiger partial charge >= 0.3 is 0 Å². The Morgan fingerprint density at radius 3 is 2.05 bits per heavy atom. The van der Waals surface area contributed by atoms with Crippen molar-refractivity contribution in [3.63, 3.8) is 0 Å². The number of benzene rings is 3. The minimum absolute atomic E-state index is 0.00370. The number of hydrogen-bond donors (Lipinski definition) is 1. The van der Waals surface area contributed by atoms with E-state index in [0.29, 0.717) is 30.1 Å². The molecule has 0 bridgehead atoms. The summed E-state index contributed by atoms with van der Waals surface area (Å²) in [6, 6.07) is 23.8. The molecule has 0 atom stereocenters. The van der Waals surface area contributed by atoms with Crippen LogP contribution in [0.4, 0.5) is 20.2 Å². The summed E-state index contributed by atoms with van der Waals surface area (Å²) in [6.45, 7) is 2.79. The molecule has 10 heteroatoms. The first-order valence-electron chi connectivity index (χ1n) is 11.5. The largest absolute Gasteiger partial charge is 0.457 e. The molecule has 0 aliphatic rings. The maximum absolute atomic E-state index is 13.4. The number of sulfonamides is 1. The molecule has 3 aromatic carbocycles. The summed E-state index contributed by atoms with van der Waals surface area (Å²) in [5, 5.41) is 9.12. The van der Waals surface area contributed by atoms with Gasteiger partial charge in [-0.05, 0) is 60.0 Å². The number of ether oxygens (including phenoxy) is 1. The van der Waals surface area contributed by atoms with Gasteiger partial charge < -0.3 is 9.64 Å². The minimum Gasteiger partial charge on any atom is -0.457 e. The fraction of sp³-hybridized carbons (Fsp3) is 0.143. The number of nitriles is 1. The van der Waals surface area contributed by atoms with Gasteiger partial charge in [-0.15, -0.1) is 0 Å². The molecule has 1 aromatic heterocycles. The van der Waals surface area contributed by atoms with Crippen LogP contribution in [0.15, 0.2) is 78.9 Å². The van der Waals surface area contributed by atoms with E-state index in [-0.39, 0.29) is 5.75 Å². The van der Waals surface area contributed by atoms with E-state index in [2.05, 4.69) is 20.7 Å². The van der Waals surface area contributed by atoms with Crippen molar-refractivity contribution in [3.8, 4) is 17.6 Å². The molecule has 0 unspecified atom stereocenters. The topological polar surface area (TPSA) is 95.3 Å². The van der Waals surface area contributed by atoms with Gasteiger partial charge in [-0.3, -0.25) is 4.72 Å².